The van der Waals surface area contributed by atoms with Crippen LogP contribution in [0.4, 0.5) is 15.3 Å². The number of hydrogen-bond acceptors (Lipinski definition) is 11. The van der Waals surface area contributed by atoms with Gasteiger partial charge in [-0.2, -0.15) is 0 Å². The van der Waals surface area contributed by atoms with Crippen LogP contribution in [0.15, 0.2) is 48.5 Å². The molecule has 0 saturated carbocycles. The van der Waals surface area contributed by atoms with Crippen molar-refractivity contribution in [3.05, 3.63) is 86.7 Å². The number of carbonyl (C=O) groups is 2. The van der Waals surface area contributed by atoms with Crippen molar-refractivity contribution < 1.29 is 23.8 Å². The second-order valence-electron chi connectivity index (χ2n) is 9.93. The molecule has 5 rings (SSSR count). The number of carbonyl (C=O) groups excluding carboxylic acids is 1. The molecule has 13 heteroatoms. The maximum absolute atomic E-state index is 14.5. The molecule has 0 spiro atoms. The van der Waals surface area contributed by atoms with Gasteiger partial charge >= 0.3 is 5.97 Å². The molecule has 2 N–H and O–H groups in total. The molecule has 2 aromatic carbocycles. The highest BCUT2D eigenvalue weighted by atomic mass is 32.1. The van der Waals surface area contributed by atoms with Crippen LogP contribution in [0.2, 0.25) is 0 Å². The number of halogens is 1. The summed E-state index contributed by atoms with van der Waals surface area (Å²) in [5.74, 6) is 4.08. The van der Waals surface area contributed by atoms with Crippen LogP contribution in [-0.4, -0.2) is 69.2 Å². The van der Waals surface area contributed by atoms with Gasteiger partial charge in [0.1, 0.15) is 5.69 Å². The second kappa shape index (κ2) is 13.7. The summed E-state index contributed by atoms with van der Waals surface area (Å²) in [7, 11) is 3.80. The van der Waals surface area contributed by atoms with E-state index in [-0.39, 0.29) is 35.2 Å². The zero-order valence-corrected chi connectivity index (χ0v) is 25.7. The Labute approximate surface area is 260 Å². The third kappa shape index (κ3) is 7.41. The summed E-state index contributed by atoms with van der Waals surface area (Å²) < 4.78 is 21.1. The predicted octanol–water partition coefficient (Wildman–Crippen LogP) is 5.59. The number of ketones is 1. The Kier molecular flexibility index (Phi) is 9.54. The van der Waals surface area contributed by atoms with Crippen LogP contribution in [-0.2, 0) is 6.42 Å². The lowest BCUT2D eigenvalue weighted by Gasteiger charge is -2.07. The molecule has 0 unspecified atom stereocenters. The minimum absolute atomic E-state index is 0.00379. The molecular weight excluding hydrogens is 604 g/mol. The molecule has 0 fully saturated rings. The Morgan fingerprint density at radius 2 is 1.91 bits per heavy atom. The molecular formula is C31H27FN6O4S2. The minimum atomic E-state index is -1.24. The number of carboxylic acid groups (broad SMARTS) is 1. The zero-order chi connectivity index (χ0) is 31.2. The van der Waals surface area contributed by atoms with Crippen LogP contribution < -0.4 is 10.1 Å². The van der Waals surface area contributed by atoms with Crippen LogP contribution in [0.3, 0.4) is 0 Å². The van der Waals surface area contributed by atoms with Crippen LogP contribution in [0.5, 0.6) is 5.75 Å². The smallest absolute Gasteiger partial charge is 0.355 e. The van der Waals surface area contributed by atoms with Crippen molar-refractivity contribution in [1.82, 2.24) is 25.1 Å². The quantitative estimate of drug-likeness (QED) is 0.108. The summed E-state index contributed by atoms with van der Waals surface area (Å²) in [4.78, 5) is 36.0. The molecule has 0 bridgehead atoms. The number of fused-ring (bicyclic) bond motifs is 1. The van der Waals surface area contributed by atoms with Gasteiger partial charge in [0.15, 0.2) is 33.2 Å². The fraction of sp³-hybridized carbons (Fsp3) is 0.226. The number of hydrogen-bond donors (Lipinski definition) is 2. The van der Waals surface area contributed by atoms with Crippen molar-refractivity contribution in [2.24, 2.45) is 0 Å². The summed E-state index contributed by atoms with van der Waals surface area (Å²) in [6.45, 7) is 2.48. The van der Waals surface area contributed by atoms with Crippen LogP contribution >= 0.6 is 22.7 Å². The number of rotatable bonds is 11. The van der Waals surface area contributed by atoms with Gasteiger partial charge in [0.2, 0.25) is 5.78 Å². The highest BCUT2D eigenvalue weighted by molar-refractivity contribution is 7.22. The molecule has 10 nitrogen and oxygen atoms in total. The number of ether oxygens (including phenoxy) is 1. The van der Waals surface area contributed by atoms with Crippen molar-refractivity contribution in [3.8, 4) is 17.6 Å². The maximum Gasteiger partial charge on any atom is 0.355 e. The van der Waals surface area contributed by atoms with Gasteiger partial charge in [-0.1, -0.05) is 35.3 Å². The highest BCUT2D eigenvalue weighted by Crippen LogP contribution is 2.29. The van der Waals surface area contributed by atoms with Gasteiger partial charge in [-0.15, -0.1) is 21.5 Å². The first-order valence-electron chi connectivity index (χ1n) is 13.5. The third-order valence-corrected chi connectivity index (χ3v) is 8.26. The van der Waals surface area contributed by atoms with E-state index in [1.54, 1.807) is 19.1 Å². The number of carboxylic acids is 1. The summed E-state index contributed by atoms with van der Waals surface area (Å²) in [6, 6.07) is 13.8. The van der Waals surface area contributed by atoms with Gasteiger partial charge < -0.3 is 15.2 Å². The molecule has 224 valence electrons. The number of benzene rings is 2. The lowest BCUT2D eigenvalue weighted by atomic mass is 10.2. The number of thiazole rings is 2. The Morgan fingerprint density at radius 3 is 2.64 bits per heavy atom. The fourth-order valence-corrected chi connectivity index (χ4v) is 5.96. The average Bonchev–Trinajstić information content (AvgIpc) is 3.61. The monoisotopic (exact) mass is 630 g/mol. The molecule has 5 aromatic rings. The first-order valence-corrected chi connectivity index (χ1v) is 15.1. The topological polar surface area (TPSA) is 130 Å². The molecule has 0 aliphatic rings. The number of aromatic nitrogens is 4. The molecule has 0 radical (unpaired) electrons. The van der Waals surface area contributed by atoms with E-state index in [2.05, 4.69) is 37.3 Å². The largest absolute Gasteiger partial charge is 0.491 e. The third-order valence-electron chi connectivity index (χ3n) is 6.20. The fourth-order valence-electron chi connectivity index (χ4n) is 4.05. The number of anilines is 2. The zero-order valence-electron chi connectivity index (χ0n) is 24.0. The van der Waals surface area contributed by atoms with Gasteiger partial charge in [-0.25, -0.2) is 19.2 Å². The lowest BCUT2D eigenvalue weighted by Crippen LogP contribution is -2.10. The molecule has 3 aromatic heterocycles. The first-order chi connectivity index (χ1) is 21.2. The lowest BCUT2D eigenvalue weighted by molar-refractivity contribution is 0.0690. The van der Waals surface area contributed by atoms with Gasteiger partial charge in [-0.05, 0) is 75.8 Å². The summed E-state index contributed by atoms with van der Waals surface area (Å²) in [5.41, 5.74) is 1.91. The molecule has 0 saturated heterocycles. The number of nitrogens with one attached hydrogen (secondary N) is 1. The first kappa shape index (κ1) is 30.7. The Hall–Kier alpha value is -4.77. The van der Waals surface area contributed by atoms with E-state index in [0.29, 0.717) is 39.9 Å². The predicted molar refractivity (Wildman–Crippen MR) is 168 cm³/mol. The van der Waals surface area contributed by atoms with Crippen LogP contribution in [0, 0.1) is 24.6 Å². The molecule has 3 heterocycles. The van der Waals surface area contributed by atoms with E-state index in [0.717, 1.165) is 21.6 Å². The summed E-state index contributed by atoms with van der Waals surface area (Å²) >= 11 is 2.46. The van der Waals surface area contributed by atoms with Crippen molar-refractivity contribution >= 4 is 55.6 Å². The van der Waals surface area contributed by atoms with Gasteiger partial charge in [0.25, 0.3) is 0 Å². The van der Waals surface area contributed by atoms with E-state index >= 15 is 0 Å². The van der Waals surface area contributed by atoms with E-state index in [1.165, 1.54) is 23.5 Å². The Morgan fingerprint density at radius 1 is 1.09 bits per heavy atom. The van der Waals surface area contributed by atoms with Crippen molar-refractivity contribution in [3.63, 3.8) is 0 Å². The van der Waals surface area contributed by atoms with Crippen LogP contribution in [0.1, 0.15) is 48.4 Å². The van der Waals surface area contributed by atoms with Gasteiger partial charge in [-0.3, -0.25) is 9.69 Å². The molecule has 0 aliphatic carbocycles. The van der Waals surface area contributed by atoms with Gasteiger partial charge in [0.05, 0.1) is 23.4 Å². The number of aryl methyl sites for hydroxylation is 2. The molecule has 0 atom stereocenters. The second-order valence-corrected chi connectivity index (χ2v) is 12.0. The van der Waals surface area contributed by atoms with Crippen molar-refractivity contribution in [2.45, 2.75) is 19.8 Å². The van der Waals surface area contributed by atoms with Crippen molar-refractivity contribution in [1.29, 1.82) is 0 Å². The van der Waals surface area contributed by atoms with Crippen LogP contribution in [0.25, 0.3) is 10.2 Å². The van der Waals surface area contributed by atoms with E-state index in [4.69, 9.17) is 4.74 Å². The minimum Gasteiger partial charge on any atom is -0.491 e. The molecule has 0 amide bonds. The summed E-state index contributed by atoms with van der Waals surface area (Å²) in [5, 5.41) is 21.7. The Balaban J connectivity index is 1.21. The van der Waals surface area contributed by atoms with E-state index < -0.39 is 17.6 Å². The SMILES string of the molecule is Cc1cc(C(=O)c2nc(C(=O)O)c(CCCOc3ccc(C#CCN(C)C)cc3F)s2)nnc1Nc1nc2ccccc2s1. The number of para-hydroxylation sites is 1. The molecule has 0 aliphatic heterocycles. The standard InChI is InChI=1S/C31H27FN6O4S2/c1-18-16-22(36-37-28(18)35-31-33-21-9-4-5-10-24(21)44-31)27(39)29-34-26(30(40)41)25(43-29)11-7-15-42-23-13-12-19(17-20(23)32)8-6-14-38(2)3/h4-5,9-10,12-13,16-17H,7,11,14-15H2,1-3H3,(H,40,41)(H,33,35,37). The van der Waals surface area contributed by atoms with E-state index in [9.17, 15) is 19.1 Å². The normalized spacial score (nSPS) is 10.9. The molecule has 44 heavy (non-hydrogen) atoms. The Bertz CT molecular complexity index is 1880. The van der Waals surface area contributed by atoms with E-state index in [1.807, 2.05) is 43.3 Å². The number of aromatic carboxylic acids is 1. The highest BCUT2D eigenvalue weighted by Gasteiger charge is 2.23. The average molecular weight is 631 g/mol. The summed E-state index contributed by atoms with van der Waals surface area (Å²) in [6.07, 6.45) is 0.656. The van der Waals surface area contributed by atoms with Gasteiger partial charge in [0, 0.05) is 10.4 Å². The number of nitrogens with zero attached hydrogens (tertiary/aromatic N) is 5. The maximum atomic E-state index is 14.5. The van der Waals surface area contributed by atoms with Crippen molar-refractivity contribution in [2.75, 3.05) is 32.6 Å².